The summed E-state index contributed by atoms with van der Waals surface area (Å²) in [6, 6.07) is 16.3. The van der Waals surface area contributed by atoms with E-state index in [9.17, 15) is 0 Å². The van der Waals surface area contributed by atoms with Gasteiger partial charge in [0.05, 0.1) is 0 Å². The minimum atomic E-state index is 0.218. The zero-order chi connectivity index (χ0) is 22.2. The Balaban J connectivity index is 1.14. The van der Waals surface area contributed by atoms with E-state index in [1.54, 1.807) is 16.7 Å². The van der Waals surface area contributed by atoms with Gasteiger partial charge in [0.15, 0.2) is 0 Å². The van der Waals surface area contributed by atoms with Gasteiger partial charge in [-0.1, -0.05) is 87.0 Å². The fourth-order valence-corrected chi connectivity index (χ4v) is 5.63. The van der Waals surface area contributed by atoms with Crippen LogP contribution in [0.5, 0.6) is 0 Å². The van der Waals surface area contributed by atoms with Gasteiger partial charge in [-0.25, -0.2) is 0 Å². The van der Waals surface area contributed by atoms with Crippen LogP contribution in [0, 0.1) is 17.8 Å². The molecule has 0 saturated heterocycles. The van der Waals surface area contributed by atoms with Gasteiger partial charge < -0.3 is 5.73 Å². The van der Waals surface area contributed by atoms with Crippen molar-refractivity contribution in [3.63, 3.8) is 0 Å². The molecule has 0 bridgehead atoms. The molecule has 0 radical (unpaired) electrons. The maximum atomic E-state index is 5.88. The smallest absolute Gasteiger partial charge is 0.0273 e. The minimum absolute atomic E-state index is 0.218. The van der Waals surface area contributed by atoms with Gasteiger partial charge in [-0.05, 0) is 89.7 Å². The van der Waals surface area contributed by atoms with Crippen LogP contribution in [0.4, 0.5) is 0 Å². The summed E-state index contributed by atoms with van der Waals surface area (Å²) in [6.45, 7) is 10.1. The molecule has 1 unspecified atom stereocenters. The SMILES string of the molecule is C=C(N)C(=C)C(C)c1ccc2c(c1)CC(C1CC(Cc3cccc(CCC4CC4)c3)C1)=C2. The topological polar surface area (TPSA) is 26.0 Å². The lowest BCUT2D eigenvalue weighted by Crippen LogP contribution is -2.27. The van der Waals surface area contributed by atoms with E-state index in [-0.39, 0.29) is 5.92 Å². The highest BCUT2D eigenvalue weighted by molar-refractivity contribution is 5.65. The molecule has 1 nitrogen and oxygen atoms in total. The summed E-state index contributed by atoms with van der Waals surface area (Å²) in [6.07, 6.45) is 13.1. The molecule has 3 aliphatic carbocycles. The molecular weight excluding hydrogens is 386 g/mol. The molecule has 0 heterocycles. The molecule has 2 aromatic carbocycles. The fourth-order valence-electron chi connectivity index (χ4n) is 5.63. The Labute approximate surface area is 194 Å². The quantitative estimate of drug-likeness (QED) is 0.419. The molecule has 2 fully saturated rings. The van der Waals surface area contributed by atoms with Crippen LogP contribution in [0.15, 0.2) is 72.5 Å². The third-order valence-electron chi connectivity index (χ3n) is 8.15. The van der Waals surface area contributed by atoms with Crippen molar-refractivity contribution >= 4 is 6.08 Å². The molecule has 1 atom stereocenters. The zero-order valence-corrected chi connectivity index (χ0v) is 19.6. The molecule has 0 aromatic heterocycles. The van der Waals surface area contributed by atoms with Gasteiger partial charge in [0.1, 0.15) is 0 Å². The van der Waals surface area contributed by atoms with Crippen molar-refractivity contribution in [1.82, 2.24) is 0 Å². The molecule has 1 heteroatoms. The van der Waals surface area contributed by atoms with Crippen LogP contribution in [0.2, 0.25) is 0 Å². The number of fused-ring (bicyclic) bond motifs is 1. The average molecular weight is 424 g/mol. The summed E-state index contributed by atoms with van der Waals surface area (Å²) in [5.74, 6) is 2.85. The second kappa shape index (κ2) is 8.77. The first-order chi connectivity index (χ1) is 15.5. The van der Waals surface area contributed by atoms with Crippen LogP contribution in [0.1, 0.15) is 72.8 Å². The van der Waals surface area contributed by atoms with E-state index in [1.807, 2.05) is 0 Å². The minimum Gasteiger partial charge on any atom is -0.399 e. The molecule has 166 valence electrons. The molecule has 0 aliphatic heterocycles. The van der Waals surface area contributed by atoms with Gasteiger partial charge in [0.25, 0.3) is 0 Å². The van der Waals surface area contributed by atoms with Crippen molar-refractivity contribution in [3.8, 4) is 0 Å². The van der Waals surface area contributed by atoms with Crippen LogP contribution in [0.3, 0.4) is 0 Å². The average Bonchev–Trinajstić information content (AvgIpc) is 3.50. The predicted octanol–water partition coefficient (Wildman–Crippen LogP) is 7.37. The Kier molecular flexibility index (Phi) is 5.84. The van der Waals surface area contributed by atoms with Gasteiger partial charge in [-0.2, -0.15) is 0 Å². The van der Waals surface area contributed by atoms with E-state index >= 15 is 0 Å². The predicted molar refractivity (Wildman–Crippen MR) is 136 cm³/mol. The molecule has 0 amide bonds. The van der Waals surface area contributed by atoms with Crippen molar-refractivity contribution in [2.24, 2.45) is 23.5 Å². The lowest BCUT2D eigenvalue weighted by atomic mass is 9.68. The van der Waals surface area contributed by atoms with Crippen LogP contribution < -0.4 is 5.73 Å². The fraction of sp³-hybridized carbons (Fsp3) is 0.419. The zero-order valence-electron chi connectivity index (χ0n) is 19.6. The maximum Gasteiger partial charge on any atom is 0.0273 e. The lowest BCUT2D eigenvalue weighted by molar-refractivity contribution is 0.225. The first kappa shape index (κ1) is 21.3. The van der Waals surface area contributed by atoms with Gasteiger partial charge in [0.2, 0.25) is 0 Å². The van der Waals surface area contributed by atoms with Crippen molar-refractivity contribution in [2.45, 2.75) is 64.2 Å². The van der Waals surface area contributed by atoms with Crippen molar-refractivity contribution in [1.29, 1.82) is 0 Å². The Hall–Kier alpha value is -2.54. The van der Waals surface area contributed by atoms with E-state index in [0.29, 0.717) is 5.70 Å². The lowest BCUT2D eigenvalue weighted by Gasteiger charge is -2.36. The summed E-state index contributed by atoms with van der Waals surface area (Å²) in [7, 11) is 0. The number of allylic oxidation sites excluding steroid dienone is 2. The Bertz CT molecular complexity index is 1060. The molecule has 32 heavy (non-hydrogen) atoms. The first-order valence-corrected chi connectivity index (χ1v) is 12.5. The maximum absolute atomic E-state index is 5.88. The third-order valence-corrected chi connectivity index (χ3v) is 8.15. The number of aryl methyl sites for hydroxylation is 1. The van der Waals surface area contributed by atoms with E-state index in [1.165, 1.54) is 61.6 Å². The molecule has 3 aliphatic rings. The summed E-state index contributed by atoms with van der Waals surface area (Å²) in [5.41, 5.74) is 16.3. The highest BCUT2D eigenvalue weighted by Crippen LogP contribution is 2.45. The highest BCUT2D eigenvalue weighted by Gasteiger charge is 2.33. The van der Waals surface area contributed by atoms with E-state index in [0.717, 1.165) is 29.7 Å². The van der Waals surface area contributed by atoms with E-state index in [2.05, 4.69) is 68.6 Å². The van der Waals surface area contributed by atoms with Crippen LogP contribution in [0.25, 0.3) is 6.08 Å². The highest BCUT2D eigenvalue weighted by atomic mass is 14.6. The normalized spacial score (nSPS) is 22.6. The van der Waals surface area contributed by atoms with Crippen molar-refractivity contribution in [2.75, 3.05) is 0 Å². The molecule has 5 rings (SSSR count). The van der Waals surface area contributed by atoms with Gasteiger partial charge >= 0.3 is 0 Å². The van der Waals surface area contributed by atoms with E-state index < -0.39 is 0 Å². The largest absolute Gasteiger partial charge is 0.399 e. The second-order valence-electron chi connectivity index (χ2n) is 10.7. The number of nitrogens with two attached hydrogens (primary N) is 1. The summed E-state index contributed by atoms with van der Waals surface area (Å²) < 4.78 is 0. The molecule has 2 aromatic rings. The molecule has 0 spiro atoms. The summed E-state index contributed by atoms with van der Waals surface area (Å²) in [4.78, 5) is 0. The summed E-state index contributed by atoms with van der Waals surface area (Å²) in [5, 5.41) is 0. The molecule has 2 N–H and O–H groups in total. The monoisotopic (exact) mass is 423 g/mol. The summed E-state index contributed by atoms with van der Waals surface area (Å²) >= 11 is 0. The number of benzene rings is 2. The van der Waals surface area contributed by atoms with Gasteiger partial charge in [0, 0.05) is 11.6 Å². The van der Waals surface area contributed by atoms with Gasteiger partial charge in [-0.15, -0.1) is 0 Å². The Morgan fingerprint density at radius 3 is 2.56 bits per heavy atom. The van der Waals surface area contributed by atoms with Crippen LogP contribution in [-0.4, -0.2) is 0 Å². The van der Waals surface area contributed by atoms with Crippen LogP contribution in [-0.2, 0) is 19.3 Å². The number of hydrogen-bond donors (Lipinski definition) is 1. The first-order valence-electron chi connectivity index (χ1n) is 12.5. The number of hydrogen-bond acceptors (Lipinski definition) is 1. The Morgan fingerprint density at radius 2 is 1.81 bits per heavy atom. The van der Waals surface area contributed by atoms with Crippen molar-refractivity contribution < 1.29 is 0 Å². The van der Waals surface area contributed by atoms with Gasteiger partial charge in [-0.3, -0.25) is 0 Å². The standard InChI is InChI=1S/C31H37N/c1-20(22(3)32)21(2)27-11-12-28-18-31(19-30(28)17-27)29-15-26(16-29)14-25-6-4-5-24(13-25)10-9-23-7-8-23/h4-6,11-13,17-18,21,23,26,29H,1,3,7-10,14-16,19,32H2,2H3. The molecular formula is C31H37N. The third kappa shape index (κ3) is 4.63. The molecule has 2 saturated carbocycles. The number of rotatable bonds is 9. The van der Waals surface area contributed by atoms with Crippen molar-refractivity contribution in [3.05, 3.63) is 100 Å². The second-order valence-corrected chi connectivity index (χ2v) is 10.7. The van der Waals surface area contributed by atoms with E-state index in [4.69, 9.17) is 5.73 Å². The van der Waals surface area contributed by atoms with Crippen LogP contribution >= 0.6 is 0 Å². The Morgan fingerprint density at radius 1 is 1.03 bits per heavy atom.